The van der Waals surface area contributed by atoms with E-state index in [4.69, 9.17) is 5.11 Å². The van der Waals surface area contributed by atoms with E-state index in [1.165, 1.54) is 37.7 Å². The highest BCUT2D eigenvalue weighted by Crippen LogP contribution is 2.18. The van der Waals surface area contributed by atoms with Gasteiger partial charge in [-0.1, -0.05) is 0 Å². The molecule has 19 heavy (non-hydrogen) atoms. The number of thioether (sulfide) groups is 1. The van der Waals surface area contributed by atoms with Gasteiger partial charge in [-0.25, -0.2) is 9.18 Å². The molecule has 0 saturated carbocycles. The number of carboxylic acid groups (broad SMARTS) is 1. The standard InChI is InChI=1S/C13H16FNO3S/c1-13(2,12(17)18)15-11(16)7-8-19-10-5-3-9(14)4-6-10/h3-6H,7-8H2,1-2H3,(H,15,16)(H,17,18). The number of rotatable bonds is 6. The summed E-state index contributed by atoms with van der Waals surface area (Å²) in [7, 11) is 0. The van der Waals surface area contributed by atoms with Gasteiger partial charge in [0.15, 0.2) is 0 Å². The molecule has 1 rings (SSSR count). The average molecular weight is 285 g/mol. The van der Waals surface area contributed by atoms with E-state index in [0.29, 0.717) is 5.75 Å². The van der Waals surface area contributed by atoms with Gasteiger partial charge >= 0.3 is 5.97 Å². The molecular formula is C13H16FNO3S. The second-order valence-electron chi connectivity index (χ2n) is 4.53. The Morgan fingerprint density at radius 2 is 1.89 bits per heavy atom. The van der Waals surface area contributed by atoms with Crippen LogP contribution in [-0.4, -0.2) is 28.3 Å². The number of aliphatic carboxylic acids is 1. The van der Waals surface area contributed by atoms with E-state index in [1.807, 2.05) is 0 Å². The van der Waals surface area contributed by atoms with Gasteiger partial charge in [0.2, 0.25) is 5.91 Å². The zero-order chi connectivity index (χ0) is 14.5. The highest BCUT2D eigenvalue weighted by molar-refractivity contribution is 7.99. The second-order valence-corrected chi connectivity index (χ2v) is 5.70. The predicted octanol–water partition coefficient (Wildman–Crippen LogP) is 2.29. The number of nitrogens with one attached hydrogen (secondary N) is 1. The van der Waals surface area contributed by atoms with Crippen molar-refractivity contribution >= 4 is 23.6 Å². The number of carboxylic acids is 1. The zero-order valence-corrected chi connectivity index (χ0v) is 11.6. The van der Waals surface area contributed by atoms with E-state index in [9.17, 15) is 14.0 Å². The number of carbonyl (C=O) groups is 2. The van der Waals surface area contributed by atoms with Gasteiger partial charge in [0.1, 0.15) is 11.4 Å². The Morgan fingerprint density at radius 1 is 1.32 bits per heavy atom. The minimum Gasteiger partial charge on any atom is -0.480 e. The van der Waals surface area contributed by atoms with Crippen LogP contribution in [0.25, 0.3) is 0 Å². The number of hydrogen-bond acceptors (Lipinski definition) is 3. The lowest BCUT2D eigenvalue weighted by Gasteiger charge is -2.20. The number of carbonyl (C=O) groups excluding carboxylic acids is 1. The largest absolute Gasteiger partial charge is 0.480 e. The molecule has 0 atom stereocenters. The first kappa shape index (κ1) is 15.5. The van der Waals surface area contributed by atoms with Crippen molar-refractivity contribution in [1.82, 2.24) is 5.32 Å². The molecule has 0 unspecified atom stereocenters. The van der Waals surface area contributed by atoms with Crippen molar-refractivity contribution in [2.45, 2.75) is 30.7 Å². The molecule has 0 heterocycles. The van der Waals surface area contributed by atoms with Crippen LogP contribution in [0.1, 0.15) is 20.3 Å². The molecule has 0 aliphatic carbocycles. The molecule has 4 nitrogen and oxygen atoms in total. The number of hydrogen-bond donors (Lipinski definition) is 2. The Bertz CT molecular complexity index is 459. The Kier molecular flexibility index (Phi) is 5.35. The third kappa shape index (κ3) is 5.30. The SMILES string of the molecule is CC(C)(NC(=O)CCSc1ccc(F)cc1)C(=O)O. The molecule has 0 aromatic heterocycles. The zero-order valence-electron chi connectivity index (χ0n) is 10.8. The predicted molar refractivity (Wildman–Crippen MR) is 71.6 cm³/mol. The topological polar surface area (TPSA) is 66.4 Å². The maximum absolute atomic E-state index is 12.7. The molecule has 1 aromatic rings. The highest BCUT2D eigenvalue weighted by atomic mass is 32.2. The van der Waals surface area contributed by atoms with Crippen LogP contribution in [0.3, 0.4) is 0 Å². The lowest BCUT2D eigenvalue weighted by Crippen LogP contribution is -2.49. The van der Waals surface area contributed by atoms with Crippen LogP contribution in [0.2, 0.25) is 0 Å². The molecule has 0 saturated heterocycles. The van der Waals surface area contributed by atoms with Crippen molar-refractivity contribution in [1.29, 1.82) is 0 Å². The number of halogens is 1. The molecule has 104 valence electrons. The van der Waals surface area contributed by atoms with Gasteiger partial charge in [0.05, 0.1) is 0 Å². The molecule has 0 bridgehead atoms. The molecular weight excluding hydrogens is 269 g/mol. The van der Waals surface area contributed by atoms with Crippen molar-refractivity contribution in [3.63, 3.8) is 0 Å². The summed E-state index contributed by atoms with van der Waals surface area (Å²) in [4.78, 5) is 23.3. The Morgan fingerprint density at radius 3 is 2.42 bits per heavy atom. The van der Waals surface area contributed by atoms with E-state index in [0.717, 1.165) is 4.90 Å². The minimum atomic E-state index is -1.27. The van der Waals surface area contributed by atoms with Gasteiger partial charge in [-0.15, -0.1) is 11.8 Å². The van der Waals surface area contributed by atoms with E-state index in [-0.39, 0.29) is 18.1 Å². The Labute approximate surface area is 115 Å². The Balaban J connectivity index is 2.35. The van der Waals surface area contributed by atoms with Crippen molar-refractivity contribution < 1.29 is 19.1 Å². The van der Waals surface area contributed by atoms with Crippen molar-refractivity contribution in [3.8, 4) is 0 Å². The highest BCUT2D eigenvalue weighted by Gasteiger charge is 2.28. The van der Waals surface area contributed by atoms with Crippen LogP contribution < -0.4 is 5.32 Å². The van der Waals surface area contributed by atoms with Crippen LogP contribution in [0.4, 0.5) is 4.39 Å². The van der Waals surface area contributed by atoms with Gasteiger partial charge < -0.3 is 10.4 Å². The van der Waals surface area contributed by atoms with Crippen molar-refractivity contribution in [2.75, 3.05) is 5.75 Å². The molecule has 0 spiro atoms. The van der Waals surface area contributed by atoms with Gasteiger partial charge in [-0.05, 0) is 38.1 Å². The fraction of sp³-hybridized carbons (Fsp3) is 0.385. The van der Waals surface area contributed by atoms with Crippen LogP contribution in [-0.2, 0) is 9.59 Å². The Hall–Kier alpha value is -1.56. The quantitative estimate of drug-likeness (QED) is 0.787. The smallest absolute Gasteiger partial charge is 0.328 e. The van der Waals surface area contributed by atoms with Gasteiger partial charge in [-0.3, -0.25) is 4.79 Å². The monoisotopic (exact) mass is 285 g/mol. The maximum Gasteiger partial charge on any atom is 0.328 e. The van der Waals surface area contributed by atoms with Gasteiger partial charge in [0, 0.05) is 17.1 Å². The second kappa shape index (κ2) is 6.56. The summed E-state index contributed by atoms with van der Waals surface area (Å²) >= 11 is 1.42. The third-order valence-corrected chi connectivity index (χ3v) is 3.41. The lowest BCUT2D eigenvalue weighted by molar-refractivity contribution is -0.145. The van der Waals surface area contributed by atoms with Crippen molar-refractivity contribution in [3.05, 3.63) is 30.1 Å². The molecule has 0 aliphatic heterocycles. The summed E-state index contributed by atoms with van der Waals surface area (Å²) < 4.78 is 12.7. The molecule has 0 aliphatic rings. The molecule has 0 radical (unpaired) electrons. The summed E-state index contributed by atoms with van der Waals surface area (Å²) in [6.45, 7) is 2.86. The average Bonchev–Trinajstić information content (AvgIpc) is 2.31. The van der Waals surface area contributed by atoms with E-state index in [1.54, 1.807) is 12.1 Å². The van der Waals surface area contributed by atoms with Gasteiger partial charge in [0.25, 0.3) is 0 Å². The maximum atomic E-state index is 12.7. The first-order valence-corrected chi connectivity index (χ1v) is 6.72. The van der Waals surface area contributed by atoms with Crippen LogP contribution in [0.5, 0.6) is 0 Å². The molecule has 0 fully saturated rings. The summed E-state index contributed by atoms with van der Waals surface area (Å²) in [6, 6.07) is 5.99. The number of benzene rings is 1. The lowest BCUT2D eigenvalue weighted by atomic mass is 10.1. The summed E-state index contributed by atoms with van der Waals surface area (Å²) in [6.07, 6.45) is 0.207. The van der Waals surface area contributed by atoms with Crippen LogP contribution in [0, 0.1) is 5.82 Å². The summed E-state index contributed by atoms with van der Waals surface area (Å²) in [5.74, 6) is -1.19. The summed E-state index contributed by atoms with van der Waals surface area (Å²) in [5, 5.41) is 11.3. The first-order chi connectivity index (χ1) is 8.81. The van der Waals surface area contributed by atoms with E-state index in [2.05, 4.69) is 5.32 Å². The van der Waals surface area contributed by atoms with Gasteiger partial charge in [-0.2, -0.15) is 0 Å². The van der Waals surface area contributed by atoms with Crippen molar-refractivity contribution in [2.24, 2.45) is 0 Å². The fourth-order valence-corrected chi connectivity index (χ4v) is 2.11. The third-order valence-electron chi connectivity index (χ3n) is 2.40. The van der Waals surface area contributed by atoms with E-state index < -0.39 is 11.5 Å². The number of amides is 1. The van der Waals surface area contributed by atoms with Crippen LogP contribution in [0.15, 0.2) is 29.2 Å². The van der Waals surface area contributed by atoms with E-state index >= 15 is 0 Å². The fourth-order valence-electron chi connectivity index (χ4n) is 1.26. The summed E-state index contributed by atoms with van der Waals surface area (Å²) in [5.41, 5.74) is -1.27. The molecule has 1 aromatic carbocycles. The van der Waals surface area contributed by atoms with Crippen LogP contribution >= 0.6 is 11.8 Å². The minimum absolute atomic E-state index is 0.207. The molecule has 6 heteroatoms. The first-order valence-electron chi connectivity index (χ1n) is 5.74. The molecule has 2 N–H and O–H groups in total. The molecule has 1 amide bonds. The normalized spacial score (nSPS) is 11.1.